The molecule has 2 saturated heterocycles. The van der Waals surface area contributed by atoms with Gasteiger partial charge >= 0.3 is 6.03 Å². The second-order valence-corrected chi connectivity index (χ2v) is 4.64. The Morgan fingerprint density at radius 2 is 2.06 bits per heavy atom. The number of hydrogen-bond donors (Lipinski definition) is 1. The third-order valence-electron chi connectivity index (χ3n) is 3.65. The Morgan fingerprint density at radius 1 is 1.38 bits per heavy atom. The van der Waals surface area contributed by atoms with E-state index >= 15 is 0 Å². The number of nitrogens with zero attached hydrogens (tertiary/aromatic N) is 2. The summed E-state index contributed by atoms with van der Waals surface area (Å²) >= 11 is 0. The van der Waals surface area contributed by atoms with Crippen LogP contribution in [0.4, 0.5) is 4.79 Å². The lowest BCUT2D eigenvalue weighted by Gasteiger charge is -2.34. The first-order valence-corrected chi connectivity index (χ1v) is 6.07. The third-order valence-corrected chi connectivity index (χ3v) is 3.65. The number of ether oxygens (including phenoxy) is 1. The Hall–Kier alpha value is -0.810. The molecule has 0 saturated carbocycles. The molecule has 0 aliphatic carbocycles. The van der Waals surface area contributed by atoms with E-state index in [1.54, 1.807) is 0 Å². The van der Waals surface area contributed by atoms with Gasteiger partial charge in [0.1, 0.15) is 0 Å². The highest BCUT2D eigenvalue weighted by molar-refractivity contribution is 5.75. The van der Waals surface area contributed by atoms with Gasteiger partial charge in [-0.05, 0) is 12.3 Å². The topological polar surface area (TPSA) is 58.8 Å². The second kappa shape index (κ2) is 5.01. The van der Waals surface area contributed by atoms with Crippen LogP contribution in [0.1, 0.15) is 13.3 Å². The van der Waals surface area contributed by atoms with Crippen LogP contribution in [-0.2, 0) is 4.74 Å². The smallest absolute Gasteiger partial charge is 0.320 e. The van der Waals surface area contributed by atoms with Crippen molar-refractivity contribution in [3.05, 3.63) is 0 Å². The Kier molecular flexibility index (Phi) is 3.66. The molecule has 0 bridgehead atoms. The first-order valence-electron chi connectivity index (χ1n) is 6.07. The number of nitrogens with two attached hydrogens (primary N) is 1. The van der Waals surface area contributed by atoms with E-state index in [4.69, 9.17) is 10.5 Å². The summed E-state index contributed by atoms with van der Waals surface area (Å²) in [5.41, 5.74) is 5.74. The molecule has 2 unspecified atom stereocenters. The monoisotopic (exact) mass is 227 g/mol. The summed E-state index contributed by atoms with van der Waals surface area (Å²) < 4.78 is 5.25. The fourth-order valence-electron chi connectivity index (χ4n) is 2.54. The van der Waals surface area contributed by atoms with Gasteiger partial charge in [-0.2, -0.15) is 0 Å². The Bertz CT molecular complexity index is 254. The van der Waals surface area contributed by atoms with Crippen molar-refractivity contribution < 1.29 is 9.53 Å². The van der Waals surface area contributed by atoms with Crippen LogP contribution in [0.2, 0.25) is 0 Å². The van der Waals surface area contributed by atoms with Crippen molar-refractivity contribution in [3.8, 4) is 0 Å². The van der Waals surface area contributed by atoms with Gasteiger partial charge in [0.25, 0.3) is 0 Å². The van der Waals surface area contributed by atoms with Crippen LogP contribution >= 0.6 is 0 Å². The van der Waals surface area contributed by atoms with Crippen LogP contribution in [0.3, 0.4) is 0 Å². The van der Waals surface area contributed by atoms with E-state index in [2.05, 4.69) is 6.92 Å². The molecule has 2 N–H and O–H groups in total. The number of likely N-dealkylation sites (tertiary alicyclic amines) is 1. The van der Waals surface area contributed by atoms with E-state index < -0.39 is 0 Å². The summed E-state index contributed by atoms with van der Waals surface area (Å²) in [6.07, 6.45) is 1.07. The minimum atomic E-state index is 0.142. The highest BCUT2D eigenvalue weighted by Crippen LogP contribution is 2.24. The minimum absolute atomic E-state index is 0.142. The normalized spacial score (nSPS) is 30.9. The molecule has 0 aromatic carbocycles. The molecule has 2 amide bonds. The van der Waals surface area contributed by atoms with E-state index in [0.29, 0.717) is 38.8 Å². The molecule has 2 heterocycles. The molecule has 5 nitrogen and oxygen atoms in total. The van der Waals surface area contributed by atoms with Crippen LogP contribution in [-0.4, -0.2) is 61.3 Å². The summed E-state index contributed by atoms with van der Waals surface area (Å²) in [7, 11) is 0. The van der Waals surface area contributed by atoms with E-state index in [1.807, 2.05) is 9.80 Å². The summed E-state index contributed by atoms with van der Waals surface area (Å²) in [6.45, 7) is 6.31. The first-order chi connectivity index (χ1) is 7.74. The molecule has 2 aliphatic heterocycles. The second-order valence-electron chi connectivity index (χ2n) is 4.64. The van der Waals surface area contributed by atoms with Gasteiger partial charge in [-0.3, -0.25) is 0 Å². The lowest BCUT2D eigenvalue weighted by molar-refractivity contribution is 0.0418. The zero-order chi connectivity index (χ0) is 11.5. The predicted octanol–water partition coefficient (Wildman–Crippen LogP) is 0.108. The summed E-state index contributed by atoms with van der Waals surface area (Å²) in [5, 5.41) is 0. The lowest BCUT2D eigenvalue weighted by Crippen LogP contribution is -2.51. The number of hydrogen-bond acceptors (Lipinski definition) is 3. The maximum absolute atomic E-state index is 12.3. The standard InChI is InChI=1S/C11H21N3O2/c1-9-2-3-14(10(9)8-12)11(15)13-4-6-16-7-5-13/h9-10H,2-8,12H2,1H3. The summed E-state index contributed by atoms with van der Waals surface area (Å²) in [6, 6.07) is 0.360. The molecule has 0 aromatic rings. The number of carbonyl (C=O) groups is 1. The van der Waals surface area contributed by atoms with Crippen LogP contribution in [0.15, 0.2) is 0 Å². The molecule has 0 spiro atoms. The molecular formula is C11H21N3O2. The number of rotatable bonds is 1. The van der Waals surface area contributed by atoms with Gasteiger partial charge in [-0.25, -0.2) is 4.79 Å². The zero-order valence-corrected chi connectivity index (χ0v) is 9.89. The fourth-order valence-corrected chi connectivity index (χ4v) is 2.54. The molecule has 5 heteroatoms. The van der Waals surface area contributed by atoms with Crippen molar-refractivity contribution in [1.29, 1.82) is 0 Å². The molecule has 2 fully saturated rings. The van der Waals surface area contributed by atoms with E-state index in [9.17, 15) is 4.79 Å². The van der Waals surface area contributed by atoms with Crippen molar-refractivity contribution in [1.82, 2.24) is 9.80 Å². The third kappa shape index (κ3) is 2.15. The minimum Gasteiger partial charge on any atom is -0.378 e. The molecule has 16 heavy (non-hydrogen) atoms. The number of urea groups is 1. The number of carbonyl (C=O) groups excluding carboxylic acids is 1. The van der Waals surface area contributed by atoms with Gasteiger partial charge in [-0.15, -0.1) is 0 Å². The molecule has 92 valence electrons. The van der Waals surface area contributed by atoms with Crippen molar-refractivity contribution >= 4 is 6.03 Å². The summed E-state index contributed by atoms with van der Waals surface area (Å²) in [4.78, 5) is 16.1. The maximum atomic E-state index is 12.3. The maximum Gasteiger partial charge on any atom is 0.320 e. The number of amides is 2. The van der Waals surface area contributed by atoms with Gasteiger partial charge in [0, 0.05) is 32.2 Å². The molecule has 0 radical (unpaired) electrons. The van der Waals surface area contributed by atoms with Crippen molar-refractivity contribution in [2.24, 2.45) is 11.7 Å². The van der Waals surface area contributed by atoms with Gasteiger partial charge in [-0.1, -0.05) is 6.92 Å². The van der Waals surface area contributed by atoms with Crippen LogP contribution in [0.5, 0.6) is 0 Å². The van der Waals surface area contributed by atoms with Gasteiger partial charge < -0.3 is 20.3 Å². The Morgan fingerprint density at radius 3 is 2.69 bits per heavy atom. The lowest BCUT2D eigenvalue weighted by atomic mass is 10.0. The molecule has 2 rings (SSSR count). The van der Waals surface area contributed by atoms with Crippen LogP contribution in [0, 0.1) is 5.92 Å². The average molecular weight is 227 g/mol. The Balaban J connectivity index is 1.97. The fraction of sp³-hybridized carbons (Fsp3) is 0.909. The first kappa shape index (κ1) is 11.7. The number of morpholine rings is 1. The van der Waals surface area contributed by atoms with Gasteiger partial charge in [0.2, 0.25) is 0 Å². The van der Waals surface area contributed by atoms with E-state index in [0.717, 1.165) is 13.0 Å². The highest BCUT2D eigenvalue weighted by atomic mass is 16.5. The van der Waals surface area contributed by atoms with E-state index in [1.165, 1.54) is 0 Å². The quantitative estimate of drug-likeness (QED) is 0.691. The van der Waals surface area contributed by atoms with Crippen LogP contribution < -0.4 is 5.73 Å². The predicted molar refractivity (Wildman–Crippen MR) is 61.1 cm³/mol. The van der Waals surface area contributed by atoms with Crippen molar-refractivity contribution in [2.45, 2.75) is 19.4 Å². The van der Waals surface area contributed by atoms with Crippen molar-refractivity contribution in [2.75, 3.05) is 39.4 Å². The van der Waals surface area contributed by atoms with Gasteiger partial charge in [0.05, 0.1) is 13.2 Å². The molecule has 2 aliphatic rings. The molecule has 2 atom stereocenters. The highest BCUT2D eigenvalue weighted by Gasteiger charge is 2.35. The summed E-state index contributed by atoms with van der Waals surface area (Å²) in [5.74, 6) is 0.523. The molecule has 0 aromatic heterocycles. The zero-order valence-electron chi connectivity index (χ0n) is 9.89. The van der Waals surface area contributed by atoms with Crippen LogP contribution in [0.25, 0.3) is 0 Å². The Labute approximate surface area is 96.5 Å². The largest absolute Gasteiger partial charge is 0.378 e. The SMILES string of the molecule is CC1CCN(C(=O)N2CCOCC2)C1CN. The van der Waals surface area contributed by atoms with Crippen molar-refractivity contribution in [3.63, 3.8) is 0 Å². The van der Waals surface area contributed by atoms with E-state index in [-0.39, 0.29) is 12.1 Å². The molecular weight excluding hydrogens is 206 g/mol. The average Bonchev–Trinajstić information content (AvgIpc) is 2.70. The van der Waals surface area contributed by atoms with Gasteiger partial charge in [0.15, 0.2) is 0 Å².